The average Bonchev–Trinajstić information content (AvgIpc) is 2.44. The van der Waals surface area contributed by atoms with E-state index in [0.717, 1.165) is 20.9 Å². The molecule has 0 aliphatic heterocycles. The summed E-state index contributed by atoms with van der Waals surface area (Å²) in [4.78, 5) is 11.5. The van der Waals surface area contributed by atoms with Crippen molar-refractivity contribution in [3.8, 4) is 0 Å². The highest BCUT2D eigenvalue weighted by Crippen LogP contribution is 2.23. The molecule has 0 bridgehead atoms. The second kappa shape index (κ2) is 5.89. The number of halogens is 1. The van der Waals surface area contributed by atoms with Crippen molar-refractivity contribution in [3.63, 3.8) is 0 Å². The third-order valence-electron chi connectivity index (χ3n) is 2.82. The van der Waals surface area contributed by atoms with E-state index in [1.807, 2.05) is 36.4 Å². The van der Waals surface area contributed by atoms with Gasteiger partial charge in [-0.2, -0.15) is 0 Å². The monoisotopic (exact) mass is 319 g/mol. The predicted octanol–water partition coefficient (Wildman–Crippen LogP) is 3.74. The Bertz CT molecular complexity index is 625. The quantitative estimate of drug-likeness (QED) is 0.689. The molecule has 0 saturated heterocycles. The number of fused-ring (bicyclic) bond motifs is 1. The van der Waals surface area contributed by atoms with Gasteiger partial charge in [-0.15, -0.1) is 6.58 Å². The van der Waals surface area contributed by atoms with E-state index in [4.69, 9.17) is 4.74 Å². The molecule has 0 aliphatic carbocycles. The summed E-state index contributed by atoms with van der Waals surface area (Å²) in [6.45, 7) is 3.63. The molecule has 1 atom stereocenters. The van der Waals surface area contributed by atoms with Crippen molar-refractivity contribution in [2.45, 2.75) is 6.04 Å². The summed E-state index contributed by atoms with van der Waals surface area (Å²) in [5.74, 6) is -0.356. The summed E-state index contributed by atoms with van der Waals surface area (Å²) in [5.41, 5.74) is 0.852. The van der Waals surface area contributed by atoms with E-state index in [1.54, 1.807) is 0 Å². The van der Waals surface area contributed by atoms with Crippen molar-refractivity contribution < 1.29 is 9.53 Å². The Morgan fingerprint density at radius 3 is 2.68 bits per heavy atom. The highest BCUT2D eigenvalue weighted by atomic mass is 79.9. The van der Waals surface area contributed by atoms with Crippen molar-refractivity contribution in [1.29, 1.82) is 0 Å². The zero-order valence-corrected chi connectivity index (χ0v) is 12.1. The van der Waals surface area contributed by atoms with E-state index >= 15 is 0 Å². The van der Waals surface area contributed by atoms with Crippen molar-refractivity contribution >= 4 is 38.4 Å². The first-order valence-electron chi connectivity index (χ1n) is 5.80. The first kappa shape index (κ1) is 13.6. The van der Waals surface area contributed by atoms with Gasteiger partial charge in [0.1, 0.15) is 6.04 Å². The van der Waals surface area contributed by atoms with Crippen LogP contribution in [0.5, 0.6) is 0 Å². The zero-order chi connectivity index (χ0) is 13.8. The van der Waals surface area contributed by atoms with Crippen LogP contribution in [-0.4, -0.2) is 19.1 Å². The lowest BCUT2D eigenvalue weighted by molar-refractivity contribution is -0.140. The number of rotatable bonds is 4. The van der Waals surface area contributed by atoms with Crippen molar-refractivity contribution in [3.05, 3.63) is 53.5 Å². The molecular formula is C15H14BrNO2. The lowest BCUT2D eigenvalue weighted by Crippen LogP contribution is -2.28. The molecule has 0 saturated carbocycles. The maximum absolute atomic E-state index is 11.5. The number of anilines is 1. The van der Waals surface area contributed by atoms with E-state index in [-0.39, 0.29) is 5.97 Å². The number of esters is 1. The Hall–Kier alpha value is -1.81. The van der Waals surface area contributed by atoms with E-state index in [9.17, 15) is 4.79 Å². The second-order valence-electron chi connectivity index (χ2n) is 4.09. The summed E-state index contributed by atoms with van der Waals surface area (Å²) in [6.07, 6.45) is 1.53. The molecule has 1 unspecified atom stereocenters. The Balaban J connectivity index is 2.28. The molecule has 0 fully saturated rings. The SMILES string of the molecule is C=CC(Nc1ccc2cc(Br)ccc2c1)C(=O)OC. The van der Waals surface area contributed by atoms with E-state index in [0.29, 0.717) is 0 Å². The number of methoxy groups -OCH3 is 1. The van der Waals surface area contributed by atoms with Crippen LogP contribution in [0.1, 0.15) is 0 Å². The minimum atomic E-state index is -0.544. The second-order valence-corrected chi connectivity index (χ2v) is 5.00. The van der Waals surface area contributed by atoms with Crippen LogP contribution in [0.2, 0.25) is 0 Å². The highest BCUT2D eigenvalue weighted by molar-refractivity contribution is 9.10. The molecule has 0 spiro atoms. The third-order valence-corrected chi connectivity index (χ3v) is 3.31. The smallest absolute Gasteiger partial charge is 0.332 e. The lowest BCUT2D eigenvalue weighted by Gasteiger charge is -2.14. The predicted molar refractivity (Wildman–Crippen MR) is 81.3 cm³/mol. The van der Waals surface area contributed by atoms with Gasteiger partial charge in [0.2, 0.25) is 0 Å². The topological polar surface area (TPSA) is 38.3 Å². The van der Waals surface area contributed by atoms with Crippen LogP contribution in [0.25, 0.3) is 10.8 Å². The first-order chi connectivity index (χ1) is 9.13. The van der Waals surface area contributed by atoms with Crippen molar-refractivity contribution in [2.24, 2.45) is 0 Å². The number of carbonyl (C=O) groups excluding carboxylic acids is 1. The van der Waals surface area contributed by atoms with Crippen LogP contribution in [-0.2, 0) is 9.53 Å². The number of hydrogen-bond donors (Lipinski definition) is 1. The van der Waals surface area contributed by atoms with Gasteiger partial charge < -0.3 is 10.1 Å². The van der Waals surface area contributed by atoms with Gasteiger partial charge in [-0.1, -0.05) is 34.1 Å². The highest BCUT2D eigenvalue weighted by Gasteiger charge is 2.14. The molecule has 0 aromatic heterocycles. The molecule has 0 radical (unpaired) electrons. The molecule has 2 aromatic rings. The van der Waals surface area contributed by atoms with Gasteiger partial charge >= 0.3 is 5.97 Å². The molecule has 2 rings (SSSR count). The first-order valence-corrected chi connectivity index (χ1v) is 6.59. The molecule has 3 nitrogen and oxygen atoms in total. The molecule has 0 amide bonds. The summed E-state index contributed by atoms with van der Waals surface area (Å²) in [7, 11) is 1.36. The van der Waals surface area contributed by atoms with Gasteiger partial charge in [-0.3, -0.25) is 0 Å². The standard InChI is InChI=1S/C15H14BrNO2/c1-3-14(15(18)19-2)17-13-7-5-10-8-12(16)6-4-11(10)9-13/h3-9,14,17H,1H2,2H3. The minimum absolute atomic E-state index is 0.356. The van der Waals surface area contributed by atoms with Gasteiger partial charge in [-0.05, 0) is 35.0 Å². The number of hydrogen-bond acceptors (Lipinski definition) is 3. The molecule has 0 aliphatic rings. The molecule has 98 valence electrons. The van der Waals surface area contributed by atoms with Crippen molar-refractivity contribution in [1.82, 2.24) is 0 Å². The molecule has 2 aromatic carbocycles. The Labute approximate surface area is 120 Å². The van der Waals surface area contributed by atoms with E-state index < -0.39 is 6.04 Å². The fourth-order valence-electron chi connectivity index (χ4n) is 1.83. The van der Waals surface area contributed by atoms with Crippen LogP contribution in [0.15, 0.2) is 53.5 Å². The van der Waals surface area contributed by atoms with Gasteiger partial charge in [-0.25, -0.2) is 4.79 Å². The van der Waals surface area contributed by atoms with E-state index in [1.165, 1.54) is 13.2 Å². The number of ether oxygens (including phenoxy) is 1. The maximum atomic E-state index is 11.5. The van der Waals surface area contributed by atoms with Crippen LogP contribution < -0.4 is 5.32 Å². The van der Waals surface area contributed by atoms with Crippen LogP contribution >= 0.6 is 15.9 Å². The molecule has 4 heteroatoms. The molecule has 19 heavy (non-hydrogen) atoms. The summed E-state index contributed by atoms with van der Waals surface area (Å²) >= 11 is 3.44. The summed E-state index contributed by atoms with van der Waals surface area (Å²) in [6, 6.07) is 11.4. The van der Waals surface area contributed by atoms with Gasteiger partial charge in [0.15, 0.2) is 0 Å². The van der Waals surface area contributed by atoms with Crippen LogP contribution in [0, 0.1) is 0 Å². The van der Waals surface area contributed by atoms with E-state index in [2.05, 4.69) is 27.8 Å². The van der Waals surface area contributed by atoms with Crippen LogP contribution in [0.4, 0.5) is 5.69 Å². The Kier molecular flexibility index (Phi) is 4.22. The normalized spacial score (nSPS) is 11.9. The maximum Gasteiger partial charge on any atom is 0.332 e. The third kappa shape index (κ3) is 3.15. The fourth-order valence-corrected chi connectivity index (χ4v) is 2.21. The number of carbonyl (C=O) groups is 1. The summed E-state index contributed by atoms with van der Waals surface area (Å²) < 4.78 is 5.74. The minimum Gasteiger partial charge on any atom is -0.467 e. The molecule has 0 heterocycles. The Morgan fingerprint density at radius 1 is 1.32 bits per heavy atom. The summed E-state index contributed by atoms with van der Waals surface area (Å²) in [5, 5.41) is 5.31. The number of nitrogens with one attached hydrogen (secondary N) is 1. The van der Waals surface area contributed by atoms with Gasteiger partial charge in [0, 0.05) is 10.2 Å². The Morgan fingerprint density at radius 2 is 2.00 bits per heavy atom. The fraction of sp³-hybridized carbons (Fsp3) is 0.133. The van der Waals surface area contributed by atoms with Gasteiger partial charge in [0.05, 0.1) is 7.11 Å². The van der Waals surface area contributed by atoms with Gasteiger partial charge in [0.25, 0.3) is 0 Å². The van der Waals surface area contributed by atoms with Crippen molar-refractivity contribution in [2.75, 3.05) is 12.4 Å². The molecular weight excluding hydrogens is 306 g/mol. The van der Waals surface area contributed by atoms with Crippen LogP contribution in [0.3, 0.4) is 0 Å². The number of benzene rings is 2. The zero-order valence-electron chi connectivity index (χ0n) is 10.5. The lowest BCUT2D eigenvalue weighted by atomic mass is 10.1. The largest absolute Gasteiger partial charge is 0.467 e. The molecule has 1 N–H and O–H groups in total. The average molecular weight is 320 g/mol.